The van der Waals surface area contributed by atoms with Crippen LogP contribution in [0.5, 0.6) is 0 Å². The van der Waals surface area contributed by atoms with E-state index in [9.17, 15) is 0 Å². The van der Waals surface area contributed by atoms with Gasteiger partial charge in [0.15, 0.2) is 5.82 Å². The highest BCUT2D eigenvalue weighted by Gasteiger charge is 2.21. The van der Waals surface area contributed by atoms with Gasteiger partial charge < -0.3 is 4.90 Å². The average Bonchev–Trinajstić information content (AvgIpc) is 2.61. The third kappa shape index (κ3) is 2.77. The number of para-hydroxylation sites is 1. The first kappa shape index (κ1) is 14.1. The van der Waals surface area contributed by atoms with Gasteiger partial charge in [-0.3, -0.25) is 4.98 Å². The van der Waals surface area contributed by atoms with Gasteiger partial charge >= 0.3 is 0 Å². The number of pyridine rings is 1. The van der Waals surface area contributed by atoms with E-state index < -0.39 is 0 Å². The SMILES string of the molecule is C[C@@H]1CCCN(c2nc(-c3ccccn3)nc3ccccc23)C1. The molecule has 3 aromatic rings. The first-order chi connectivity index (χ1) is 11.3. The molecule has 0 aliphatic carbocycles. The molecule has 4 rings (SSSR count). The Morgan fingerprint density at radius 2 is 1.91 bits per heavy atom. The quantitative estimate of drug-likeness (QED) is 0.719. The number of hydrogen-bond donors (Lipinski definition) is 0. The van der Waals surface area contributed by atoms with Crippen LogP contribution in [-0.4, -0.2) is 28.0 Å². The molecular formula is C19H20N4. The lowest BCUT2D eigenvalue weighted by Crippen LogP contribution is -2.35. The smallest absolute Gasteiger partial charge is 0.180 e. The van der Waals surface area contributed by atoms with Crippen LogP contribution in [0.1, 0.15) is 19.8 Å². The Morgan fingerprint density at radius 1 is 1.04 bits per heavy atom. The number of hydrogen-bond acceptors (Lipinski definition) is 4. The fourth-order valence-electron chi connectivity index (χ4n) is 3.29. The van der Waals surface area contributed by atoms with Crippen LogP contribution in [0.15, 0.2) is 48.7 Å². The molecule has 1 fully saturated rings. The Hall–Kier alpha value is -2.49. The molecule has 4 nitrogen and oxygen atoms in total. The molecular weight excluding hydrogens is 284 g/mol. The van der Waals surface area contributed by atoms with Crippen molar-refractivity contribution in [1.29, 1.82) is 0 Å². The van der Waals surface area contributed by atoms with Gasteiger partial charge in [0.1, 0.15) is 11.5 Å². The van der Waals surface area contributed by atoms with E-state index in [0.717, 1.165) is 35.5 Å². The van der Waals surface area contributed by atoms with Crippen LogP contribution in [0.2, 0.25) is 0 Å². The molecule has 1 aromatic carbocycles. The highest BCUT2D eigenvalue weighted by molar-refractivity contribution is 5.90. The summed E-state index contributed by atoms with van der Waals surface area (Å²) < 4.78 is 0. The number of aromatic nitrogens is 3. The molecule has 0 spiro atoms. The molecule has 0 radical (unpaired) electrons. The molecule has 3 heterocycles. The van der Waals surface area contributed by atoms with Gasteiger partial charge in [0.25, 0.3) is 0 Å². The lowest BCUT2D eigenvalue weighted by Gasteiger charge is -2.32. The standard InChI is InChI=1S/C19H20N4/c1-14-7-6-12-23(13-14)19-15-8-2-3-9-16(15)21-18(22-19)17-10-4-5-11-20-17/h2-5,8-11,14H,6-7,12-13H2,1H3/t14-/m1/s1. The van der Waals surface area contributed by atoms with Crippen molar-refractivity contribution in [2.24, 2.45) is 5.92 Å². The normalized spacial score (nSPS) is 18.3. The molecule has 0 bridgehead atoms. The van der Waals surface area contributed by atoms with E-state index >= 15 is 0 Å². The monoisotopic (exact) mass is 304 g/mol. The molecule has 116 valence electrons. The number of fused-ring (bicyclic) bond motifs is 1. The van der Waals surface area contributed by atoms with Gasteiger partial charge in [-0.05, 0) is 43.0 Å². The van der Waals surface area contributed by atoms with E-state index in [4.69, 9.17) is 9.97 Å². The third-order valence-corrected chi connectivity index (χ3v) is 4.43. The zero-order valence-corrected chi connectivity index (χ0v) is 13.3. The molecule has 1 saturated heterocycles. The van der Waals surface area contributed by atoms with Crippen molar-refractivity contribution in [1.82, 2.24) is 15.0 Å². The Balaban J connectivity index is 1.87. The fourth-order valence-corrected chi connectivity index (χ4v) is 3.29. The first-order valence-corrected chi connectivity index (χ1v) is 8.24. The highest BCUT2D eigenvalue weighted by Crippen LogP contribution is 2.29. The van der Waals surface area contributed by atoms with Gasteiger partial charge in [0.2, 0.25) is 0 Å². The lowest BCUT2D eigenvalue weighted by molar-refractivity contribution is 0.445. The van der Waals surface area contributed by atoms with Crippen LogP contribution >= 0.6 is 0 Å². The van der Waals surface area contributed by atoms with Crippen molar-refractivity contribution in [3.05, 3.63) is 48.7 Å². The van der Waals surface area contributed by atoms with E-state index in [0.29, 0.717) is 11.7 Å². The van der Waals surface area contributed by atoms with E-state index in [2.05, 4.69) is 35.0 Å². The Bertz CT molecular complexity index is 816. The molecule has 0 saturated carbocycles. The van der Waals surface area contributed by atoms with Crippen LogP contribution in [0.3, 0.4) is 0 Å². The number of nitrogens with zero attached hydrogens (tertiary/aromatic N) is 4. The predicted octanol–water partition coefficient (Wildman–Crippen LogP) is 3.93. The maximum atomic E-state index is 4.88. The second kappa shape index (κ2) is 5.95. The van der Waals surface area contributed by atoms with Crippen molar-refractivity contribution in [2.45, 2.75) is 19.8 Å². The minimum Gasteiger partial charge on any atom is -0.356 e. The minimum atomic E-state index is 0.704. The molecule has 1 atom stereocenters. The number of rotatable bonds is 2. The van der Waals surface area contributed by atoms with Gasteiger partial charge in [0.05, 0.1) is 5.52 Å². The first-order valence-electron chi connectivity index (χ1n) is 8.24. The number of benzene rings is 1. The van der Waals surface area contributed by atoms with Gasteiger partial charge in [-0.2, -0.15) is 0 Å². The van der Waals surface area contributed by atoms with Crippen molar-refractivity contribution >= 4 is 16.7 Å². The van der Waals surface area contributed by atoms with Crippen molar-refractivity contribution in [3.8, 4) is 11.5 Å². The second-order valence-corrected chi connectivity index (χ2v) is 6.30. The zero-order chi connectivity index (χ0) is 15.6. The number of piperidine rings is 1. The summed E-state index contributed by atoms with van der Waals surface area (Å²) in [5.41, 5.74) is 1.81. The summed E-state index contributed by atoms with van der Waals surface area (Å²) in [6, 6.07) is 14.1. The van der Waals surface area contributed by atoms with Crippen LogP contribution in [0, 0.1) is 5.92 Å². The molecule has 23 heavy (non-hydrogen) atoms. The summed E-state index contributed by atoms with van der Waals surface area (Å²) in [4.78, 5) is 16.4. The molecule has 0 unspecified atom stereocenters. The van der Waals surface area contributed by atoms with E-state index in [-0.39, 0.29) is 0 Å². The molecule has 2 aromatic heterocycles. The van der Waals surface area contributed by atoms with Crippen molar-refractivity contribution in [3.63, 3.8) is 0 Å². The summed E-state index contributed by atoms with van der Waals surface area (Å²) in [7, 11) is 0. The van der Waals surface area contributed by atoms with Crippen molar-refractivity contribution in [2.75, 3.05) is 18.0 Å². The maximum Gasteiger partial charge on any atom is 0.180 e. The van der Waals surface area contributed by atoms with E-state index in [1.165, 1.54) is 12.8 Å². The largest absolute Gasteiger partial charge is 0.356 e. The highest BCUT2D eigenvalue weighted by atomic mass is 15.2. The Morgan fingerprint density at radius 3 is 2.74 bits per heavy atom. The molecule has 1 aliphatic rings. The molecule has 4 heteroatoms. The summed E-state index contributed by atoms with van der Waals surface area (Å²) in [5, 5.41) is 1.13. The topological polar surface area (TPSA) is 41.9 Å². The Labute approximate surface area is 136 Å². The molecule has 0 N–H and O–H groups in total. The zero-order valence-electron chi connectivity index (χ0n) is 13.3. The second-order valence-electron chi connectivity index (χ2n) is 6.30. The summed E-state index contributed by atoms with van der Waals surface area (Å²) in [5.74, 6) is 2.45. The van der Waals surface area contributed by atoms with Gasteiger partial charge in [-0.1, -0.05) is 25.1 Å². The Kier molecular flexibility index (Phi) is 3.66. The summed E-state index contributed by atoms with van der Waals surface area (Å²) >= 11 is 0. The fraction of sp³-hybridized carbons (Fsp3) is 0.316. The molecule has 1 aliphatic heterocycles. The van der Waals surface area contributed by atoms with E-state index in [1.807, 2.05) is 24.3 Å². The van der Waals surface area contributed by atoms with Gasteiger partial charge in [-0.15, -0.1) is 0 Å². The van der Waals surface area contributed by atoms with Crippen LogP contribution in [0.4, 0.5) is 5.82 Å². The summed E-state index contributed by atoms with van der Waals surface area (Å²) in [6.45, 7) is 4.44. The van der Waals surface area contributed by atoms with Gasteiger partial charge in [-0.25, -0.2) is 9.97 Å². The third-order valence-electron chi connectivity index (χ3n) is 4.43. The predicted molar refractivity (Wildman–Crippen MR) is 93.4 cm³/mol. The lowest BCUT2D eigenvalue weighted by atomic mass is 10.00. The van der Waals surface area contributed by atoms with Gasteiger partial charge in [0, 0.05) is 24.7 Å². The van der Waals surface area contributed by atoms with Crippen LogP contribution in [0.25, 0.3) is 22.4 Å². The molecule has 0 amide bonds. The number of anilines is 1. The van der Waals surface area contributed by atoms with Crippen LogP contribution < -0.4 is 4.90 Å². The van der Waals surface area contributed by atoms with Crippen LogP contribution in [-0.2, 0) is 0 Å². The van der Waals surface area contributed by atoms with Crippen molar-refractivity contribution < 1.29 is 0 Å². The maximum absolute atomic E-state index is 4.88. The summed E-state index contributed by atoms with van der Waals surface area (Å²) in [6.07, 6.45) is 4.31. The van der Waals surface area contributed by atoms with E-state index in [1.54, 1.807) is 6.20 Å². The average molecular weight is 304 g/mol. The minimum absolute atomic E-state index is 0.704.